The van der Waals surface area contributed by atoms with Gasteiger partial charge < -0.3 is 5.32 Å². The number of aromatic nitrogens is 6. The summed E-state index contributed by atoms with van der Waals surface area (Å²) in [7, 11) is 0. The van der Waals surface area contributed by atoms with E-state index in [-0.39, 0.29) is 0 Å². The number of thiophene rings is 1. The van der Waals surface area contributed by atoms with Gasteiger partial charge in [-0.3, -0.25) is 0 Å². The van der Waals surface area contributed by atoms with Crippen LogP contribution in [0.5, 0.6) is 0 Å². The monoisotopic (exact) mass is 349 g/mol. The number of anilines is 2. The zero-order valence-electron chi connectivity index (χ0n) is 13.4. The van der Waals surface area contributed by atoms with E-state index in [0.29, 0.717) is 0 Å². The molecule has 5 rings (SSSR count). The fourth-order valence-electron chi connectivity index (χ4n) is 3.33. The Morgan fingerprint density at radius 1 is 1.12 bits per heavy atom. The number of rotatable bonds is 3. The van der Waals surface area contributed by atoms with Gasteiger partial charge in [0.25, 0.3) is 0 Å². The van der Waals surface area contributed by atoms with Crippen molar-refractivity contribution in [1.82, 2.24) is 30.2 Å². The number of fused-ring (bicyclic) bond motifs is 3. The topological polar surface area (TPSA) is 81.4 Å². The van der Waals surface area contributed by atoms with Gasteiger partial charge in [0.15, 0.2) is 0 Å². The molecule has 1 aliphatic rings. The number of nitrogens with one attached hydrogen (secondary N) is 1. The quantitative estimate of drug-likeness (QED) is 0.611. The van der Waals surface area contributed by atoms with Crippen LogP contribution in [0.3, 0.4) is 0 Å². The first-order valence-electron chi connectivity index (χ1n) is 8.24. The molecular weight excluding hydrogens is 334 g/mol. The van der Waals surface area contributed by atoms with Crippen LogP contribution >= 0.6 is 11.3 Å². The van der Waals surface area contributed by atoms with Gasteiger partial charge in [-0.1, -0.05) is 6.07 Å². The summed E-state index contributed by atoms with van der Waals surface area (Å²) in [5.74, 6) is 0.873. The second-order valence-corrected chi connectivity index (χ2v) is 7.13. The van der Waals surface area contributed by atoms with Crippen molar-refractivity contribution in [2.75, 3.05) is 5.32 Å². The van der Waals surface area contributed by atoms with Crippen molar-refractivity contribution < 1.29 is 0 Å². The lowest BCUT2D eigenvalue weighted by Gasteiger charge is -2.12. The fourth-order valence-corrected chi connectivity index (χ4v) is 4.56. The summed E-state index contributed by atoms with van der Waals surface area (Å²) >= 11 is 1.80. The van der Waals surface area contributed by atoms with E-state index in [1.807, 2.05) is 24.3 Å². The van der Waals surface area contributed by atoms with Crippen LogP contribution < -0.4 is 5.32 Å². The number of tetrazole rings is 1. The van der Waals surface area contributed by atoms with E-state index >= 15 is 0 Å². The van der Waals surface area contributed by atoms with Crippen LogP contribution in [0.25, 0.3) is 15.9 Å². The van der Waals surface area contributed by atoms with Crippen molar-refractivity contribution in [2.45, 2.75) is 25.7 Å². The van der Waals surface area contributed by atoms with Gasteiger partial charge in [0.05, 0.1) is 11.1 Å². The third kappa shape index (κ3) is 2.54. The highest BCUT2D eigenvalue weighted by atomic mass is 32.1. The molecule has 0 bridgehead atoms. The minimum absolute atomic E-state index is 0.873. The van der Waals surface area contributed by atoms with Gasteiger partial charge in [-0.2, -0.15) is 0 Å². The summed E-state index contributed by atoms with van der Waals surface area (Å²) in [6.45, 7) is 0. The predicted octanol–water partition coefficient (Wildman–Crippen LogP) is 3.29. The summed E-state index contributed by atoms with van der Waals surface area (Å²) in [4.78, 5) is 11.5. The van der Waals surface area contributed by atoms with E-state index in [4.69, 9.17) is 0 Å². The molecule has 0 saturated heterocycles. The van der Waals surface area contributed by atoms with Crippen LogP contribution in [0, 0.1) is 0 Å². The Hall–Kier alpha value is -2.87. The molecule has 1 aromatic carbocycles. The highest BCUT2D eigenvalue weighted by molar-refractivity contribution is 7.19. The number of hydrogen-bond donors (Lipinski definition) is 1. The molecule has 0 saturated carbocycles. The van der Waals surface area contributed by atoms with Crippen LogP contribution in [0.4, 0.5) is 11.5 Å². The van der Waals surface area contributed by atoms with E-state index < -0.39 is 0 Å². The average molecular weight is 349 g/mol. The average Bonchev–Trinajstić information content (AvgIpc) is 3.30. The molecule has 0 fully saturated rings. The standard InChI is InChI=1S/C17H15N7S/c1-2-7-14-13(6-1)15-16(18-9-19-17(15)25-14)21-11-4-3-5-12(8-11)24-10-20-22-23-24/h3-5,8-10H,1-2,6-7H2,(H,18,19,21). The van der Waals surface area contributed by atoms with Crippen LogP contribution in [0.1, 0.15) is 23.3 Å². The van der Waals surface area contributed by atoms with Crippen molar-refractivity contribution in [1.29, 1.82) is 0 Å². The summed E-state index contributed by atoms with van der Waals surface area (Å²) < 4.78 is 1.63. The van der Waals surface area contributed by atoms with Crippen LogP contribution in [-0.4, -0.2) is 30.2 Å². The predicted molar refractivity (Wildman–Crippen MR) is 96.5 cm³/mol. The molecule has 7 nitrogen and oxygen atoms in total. The van der Waals surface area contributed by atoms with Crippen molar-refractivity contribution in [3.8, 4) is 5.69 Å². The Morgan fingerprint density at radius 2 is 2.08 bits per heavy atom. The van der Waals surface area contributed by atoms with Crippen LogP contribution in [0.2, 0.25) is 0 Å². The largest absolute Gasteiger partial charge is 0.340 e. The molecule has 3 aromatic heterocycles. The maximum Gasteiger partial charge on any atom is 0.143 e. The molecular formula is C17H15N7S. The van der Waals surface area contributed by atoms with E-state index in [1.165, 1.54) is 28.7 Å². The molecule has 1 N–H and O–H groups in total. The number of benzene rings is 1. The number of nitrogens with zero attached hydrogens (tertiary/aromatic N) is 6. The third-order valence-electron chi connectivity index (χ3n) is 4.47. The molecule has 0 spiro atoms. The number of hydrogen-bond acceptors (Lipinski definition) is 7. The summed E-state index contributed by atoms with van der Waals surface area (Å²) in [6.07, 6.45) is 7.99. The molecule has 124 valence electrons. The molecule has 1 aliphatic carbocycles. The first kappa shape index (κ1) is 14.5. The smallest absolute Gasteiger partial charge is 0.143 e. The Morgan fingerprint density at radius 3 is 3.00 bits per heavy atom. The third-order valence-corrected chi connectivity index (χ3v) is 5.67. The van der Waals surface area contributed by atoms with Gasteiger partial charge in [-0.05, 0) is 59.9 Å². The molecule has 0 aliphatic heterocycles. The summed E-state index contributed by atoms with van der Waals surface area (Å²) in [5.41, 5.74) is 3.27. The summed E-state index contributed by atoms with van der Waals surface area (Å²) in [6, 6.07) is 7.95. The molecule has 0 unspecified atom stereocenters. The van der Waals surface area contributed by atoms with Gasteiger partial charge in [0.2, 0.25) is 0 Å². The Balaban J connectivity index is 1.56. The highest BCUT2D eigenvalue weighted by Crippen LogP contribution is 2.38. The zero-order chi connectivity index (χ0) is 16.6. The van der Waals surface area contributed by atoms with Gasteiger partial charge in [-0.25, -0.2) is 14.6 Å². The lowest BCUT2D eigenvalue weighted by atomic mass is 9.97. The zero-order valence-corrected chi connectivity index (χ0v) is 14.2. The molecule has 0 atom stereocenters. The van der Waals surface area contributed by atoms with E-state index in [1.54, 1.807) is 28.7 Å². The van der Waals surface area contributed by atoms with Gasteiger partial charge in [0.1, 0.15) is 23.3 Å². The van der Waals surface area contributed by atoms with Gasteiger partial charge >= 0.3 is 0 Å². The molecule has 8 heteroatoms. The lowest BCUT2D eigenvalue weighted by Crippen LogP contribution is -2.01. The van der Waals surface area contributed by atoms with Crippen molar-refractivity contribution in [3.05, 3.63) is 47.4 Å². The Bertz CT molecular complexity index is 1040. The minimum atomic E-state index is 0.873. The SMILES string of the molecule is c1cc(Nc2ncnc3sc4c(c23)CCCC4)cc(-n2cnnn2)c1. The van der Waals surface area contributed by atoms with E-state index in [2.05, 4.69) is 30.8 Å². The maximum atomic E-state index is 4.51. The molecule has 4 aromatic rings. The normalized spacial score (nSPS) is 13.8. The summed E-state index contributed by atoms with van der Waals surface area (Å²) in [5, 5.41) is 15.9. The lowest BCUT2D eigenvalue weighted by molar-refractivity contribution is 0.700. The molecule has 0 amide bonds. The van der Waals surface area contributed by atoms with Gasteiger partial charge in [0, 0.05) is 10.6 Å². The second kappa shape index (κ2) is 5.89. The van der Waals surface area contributed by atoms with E-state index in [0.717, 1.165) is 34.9 Å². The first-order chi connectivity index (χ1) is 12.4. The Kier molecular flexibility index (Phi) is 3.41. The van der Waals surface area contributed by atoms with Crippen molar-refractivity contribution in [3.63, 3.8) is 0 Å². The van der Waals surface area contributed by atoms with Gasteiger partial charge in [-0.15, -0.1) is 16.4 Å². The van der Waals surface area contributed by atoms with Crippen molar-refractivity contribution in [2.24, 2.45) is 0 Å². The fraction of sp³-hybridized carbons (Fsp3) is 0.235. The highest BCUT2D eigenvalue weighted by Gasteiger charge is 2.19. The van der Waals surface area contributed by atoms with E-state index in [9.17, 15) is 0 Å². The molecule has 3 heterocycles. The minimum Gasteiger partial charge on any atom is -0.340 e. The Labute approximate surface area is 147 Å². The number of aryl methyl sites for hydroxylation is 2. The first-order valence-corrected chi connectivity index (χ1v) is 9.06. The molecule has 25 heavy (non-hydrogen) atoms. The second-order valence-electron chi connectivity index (χ2n) is 6.04. The maximum absolute atomic E-state index is 4.51. The van der Waals surface area contributed by atoms with Crippen LogP contribution in [0.15, 0.2) is 36.9 Å². The van der Waals surface area contributed by atoms with Crippen molar-refractivity contribution >= 4 is 33.1 Å². The molecule has 0 radical (unpaired) electrons. The van der Waals surface area contributed by atoms with Crippen LogP contribution in [-0.2, 0) is 12.8 Å².